The first-order valence-corrected chi connectivity index (χ1v) is 7.60. The minimum absolute atomic E-state index is 0.199. The van der Waals surface area contributed by atoms with E-state index < -0.39 is 5.97 Å². The van der Waals surface area contributed by atoms with Gasteiger partial charge in [0.1, 0.15) is 0 Å². The molecule has 2 fully saturated rings. The Bertz CT molecular complexity index is 464. The Kier molecular flexibility index (Phi) is 3.70. The number of ether oxygens (including phenoxy) is 1. The summed E-state index contributed by atoms with van der Waals surface area (Å²) in [5.74, 6) is -0.155. The van der Waals surface area contributed by atoms with E-state index in [1.54, 1.807) is 11.3 Å². The summed E-state index contributed by atoms with van der Waals surface area (Å²) in [6, 6.07) is 0. The van der Waals surface area contributed by atoms with Crippen LogP contribution in [0.1, 0.15) is 35.8 Å². The molecule has 2 heterocycles. The maximum absolute atomic E-state index is 10.7. The third kappa shape index (κ3) is 3.06. The van der Waals surface area contributed by atoms with Crippen molar-refractivity contribution in [2.24, 2.45) is 0 Å². The van der Waals surface area contributed by atoms with E-state index in [1.165, 1.54) is 17.7 Å². The van der Waals surface area contributed by atoms with E-state index in [0.717, 1.165) is 37.1 Å². The van der Waals surface area contributed by atoms with E-state index in [1.807, 2.05) is 0 Å². The predicted octanol–water partition coefficient (Wildman–Crippen LogP) is 1.87. The number of rotatable bonds is 5. The van der Waals surface area contributed by atoms with Gasteiger partial charge >= 0.3 is 5.97 Å². The van der Waals surface area contributed by atoms with E-state index in [2.05, 4.69) is 4.90 Å². The Hall–Kier alpha value is -1.14. The van der Waals surface area contributed by atoms with Crippen LogP contribution in [-0.4, -0.2) is 42.4 Å². The van der Waals surface area contributed by atoms with Crippen molar-refractivity contribution in [2.45, 2.75) is 31.6 Å². The molecule has 104 valence electrons. The number of anilines is 1. The number of nitrogens with zero attached hydrogens (tertiary/aromatic N) is 2. The maximum atomic E-state index is 10.7. The molecule has 0 amide bonds. The van der Waals surface area contributed by atoms with Crippen molar-refractivity contribution in [3.63, 3.8) is 0 Å². The summed E-state index contributed by atoms with van der Waals surface area (Å²) in [7, 11) is 0. The highest BCUT2D eigenvalue weighted by Gasteiger charge is 2.30. The lowest BCUT2D eigenvalue weighted by molar-refractivity contribution is -0.136. The van der Waals surface area contributed by atoms with Gasteiger partial charge in [0.05, 0.1) is 25.3 Å². The van der Waals surface area contributed by atoms with Gasteiger partial charge in [-0.15, -0.1) is 11.3 Å². The van der Waals surface area contributed by atoms with Crippen LogP contribution in [0.15, 0.2) is 0 Å². The highest BCUT2D eigenvalue weighted by molar-refractivity contribution is 7.15. The summed E-state index contributed by atoms with van der Waals surface area (Å²) in [5.41, 5.74) is 1.16. The number of hydrogen-bond acceptors (Lipinski definition) is 5. The van der Waals surface area contributed by atoms with Crippen LogP contribution in [0.25, 0.3) is 0 Å². The minimum Gasteiger partial charge on any atom is -0.481 e. The molecule has 1 saturated heterocycles. The van der Waals surface area contributed by atoms with E-state index >= 15 is 0 Å². The zero-order chi connectivity index (χ0) is 13.2. The molecule has 5 nitrogen and oxygen atoms in total. The molecule has 1 aromatic heterocycles. The van der Waals surface area contributed by atoms with Crippen LogP contribution < -0.4 is 4.90 Å². The second-order valence-corrected chi connectivity index (χ2v) is 6.13. The quantitative estimate of drug-likeness (QED) is 0.893. The molecule has 0 bridgehead atoms. The van der Waals surface area contributed by atoms with Crippen LogP contribution in [0.4, 0.5) is 5.13 Å². The molecule has 0 spiro atoms. The molecule has 6 heteroatoms. The molecule has 1 aliphatic carbocycles. The van der Waals surface area contributed by atoms with Crippen LogP contribution in [0.2, 0.25) is 0 Å². The van der Waals surface area contributed by atoms with Crippen molar-refractivity contribution in [2.75, 3.05) is 31.2 Å². The molecule has 1 aromatic rings. The fourth-order valence-electron chi connectivity index (χ4n) is 2.32. The van der Waals surface area contributed by atoms with Crippen LogP contribution >= 0.6 is 11.3 Å². The lowest BCUT2D eigenvalue weighted by atomic mass is 10.2. The van der Waals surface area contributed by atoms with Crippen molar-refractivity contribution in [1.82, 2.24) is 4.98 Å². The first kappa shape index (κ1) is 12.9. The molecule has 1 aliphatic heterocycles. The molecule has 0 unspecified atom stereocenters. The number of hydrogen-bond donors (Lipinski definition) is 1. The highest BCUT2D eigenvalue weighted by atomic mass is 32.1. The number of aromatic nitrogens is 1. The van der Waals surface area contributed by atoms with Gasteiger partial charge in [-0.05, 0) is 19.3 Å². The fourth-order valence-corrected chi connectivity index (χ4v) is 3.51. The Morgan fingerprint density at radius 1 is 1.42 bits per heavy atom. The van der Waals surface area contributed by atoms with Gasteiger partial charge in [-0.3, -0.25) is 4.79 Å². The van der Waals surface area contributed by atoms with Crippen molar-refractivity contribution < 1.29 is 14.6 Å². The van der Waals surface area contributed by atoms with Crippen molar-refractivity contribution >= 4 is 22.4 Å². The van der Waals surface area contributed by atoms with Crippen molar-refractivity contribution in [3.05, 3.63) is 10.6 Å². The largest absolute Gasteiger partial charge is 0.481 e. The van der Waals surface area contributed by atoms with Gasteiger partial charge in [-0.25, -0.2) is 4.98 Å². The summed E-state index contributed by atoms with van der Waals surface area (Å²) in [6.45, 7) is 3.28. The first-order chi connectivity index (χ1) is 9.24. The molecule has 0 radical (unpaired) electrons. The van der Waals surface area contributed by atoms with E-state index in [9.17, 15) is 4.79 Å². The minimum atomic E-state index is -0.733. The van der Waals surface area contributed by atoms with Gasteiger partial charge in [-0.2, -0.15) is 0 Å². The van der Waals surface area contributed by atoms with Crippen LogP contribution in [-0.2, 0) is 16.0 Å². The number of carboxylic acid groups (broad SMARTS) is 1. The Morgan fingerprint density at radius 2 is 2.16 bits per heavy atom. The molecule has 3 rings (SSSR count). The molecule has 1 saturated carbocycles. The molecule has 1 N–H and O–H groups in total. The average molecular weight is 282 g/mol. The van der Waals surface area contributed by atoms with Gasteiger partial charge in [0.15, 0.2) is 5.13 Å². The van der Waals surface area contributed by atoms with Gasteiger partial charge in [0, 0.05) is 23.9 Å². The van der Waals surface area contributed by atoms with Crippen molar-refractivity contribution in [3.8, 4) is 0 Å². The fraction of sp³-hybridized carbons (Fsp3) is 0.692. The standard InChI is InChI=1S/C13H18N2O3S/c16-11(17)4-3-10-12(9-1-2-9)14-13(19-10)15-5-7-18-8-6-15/h9H,1-8H2,(H,16,17). The topological polar surface area (TPSA) is 62.7 Å². The van der Waals surface area contributed by atoms with E-state index in [-0.39, 0.29) is 6.42 Å². The first-order valence-electron chi connectivity index (χ1n) is 6.78. The number of thiazole rings is 1. The van der Waals surface area contributed by atoms with Crippen LogP contribution in [0.5, 0.6) is 0 Å². The third-order valence-corrected chi connectivity index (χ3v) is 4.72. The monoisotopic (exact) mass is 282 g/mol. The second kappa shape index (κ2) is 5.46. The average Bonchev–Trinajstić information content (AvgIpc) is 3.17. The molecule has 0 atom stereocenters. The summed E-state index contributed by atoms with van der Waals surface area (Å²) < 4.78 is 5.35. The summed E-state index contributed by atoms with van der Waals surface area (Å²) in [5, 5.41) is 9.88. The Balaban J connectivity index is 1.77. The Labute approximate surface area is 116 Å². The van der Waals surface area contributed by atoms with Crippen LogP contribution in [0.3, 0.4) is 0 Å². The SMILES string of the molecule is O=C(O)CCc1sc(N2CCOCC2)nc1C1CC1. The van der Waals surface area contributed by atoms with Gasteiger partial charge in [0.25, 0.3) is 0 Å². The molecular formula is C13H18N2O3S. The molecular weight excluding hydrogens is 264 g/mol. The van der Waals surface area contributed by atoms with Gasteiger partial charge in [0.2, 0.25) is 0 Å². The zero-order valence-corrected chi connectivity index (χ0v) is 11.6. The van der Waals surface area contributed by atoms with E-state index in [4.69, 9.17) is 14.8 Å². The van der Waals surface area contributed by atoms with Gasteiger partial charge in [-0.1, -0.05) is 0 Å². The van der Waals surface area contributed by atoms with E-state index in [0.29, 0.717) is 12.3 Å². The smallest absolute Gasteiger partial charge is 0.303 e. The summed E-state index contributed by atoms with van der Waals surface area (Å²) >= 11 is 1.67. The molecule has 2 aliphatic rings. The summed E-state index contributed by atoms with van der Waals surface area (Å²) in [6.07, 6.45) is 3.21. The third-order valence-electron chi connectivity index (χ3n) is 3.53. The lowest BCUT2D eigenvalue weighted by Crippen LogP contribution is -2.36. The highest BCUT2D eigenvalue weighted by Crippen LogP contribution is 2.44. The maximum Gasteiger partial charge on any atom is 0.303 e. The predicted molar refractivity (Wildman–Crippen MR) is 73.1 cm³/mol. The summed E-state index contributed by atoms with van der Waals surface area (Å²) in [4.78, 5) is 18.9. The number of carboxylic acids is 1. The number of carbonyl (C=O) groups is 1. The zero-order valence-electron chi connectivity index (χ0n) is 10.8. The number of aryl methyl sites for hydroxylation is 1. The second-order valence-electron chi connectivity index (χ2n) is 5.07. The molecule has 19 heavy (non-hydrogen) atoms. The van der Waals surface area contributed by atoms with Gasteiger partial charge < -0.3 is 14.7 Å². The number of aliphatic carboxylic acids is 1. The van der Waals surface area contributed by atoms with Crippen LogP contribution in [0, 0.1) is 0 Å². The lowest BCUT2D eigenvalue weighted by Gasteiger charge is -2.26. The Morgan fingerprint density at radius 3 is 2.79 bits per heavy atom. The number of morpholine rings is 1. The van der Waals surface area contributed by atoms with Crippen molar-refractivity contribution in [1.29, 1.82) is 0 Å². The normalized spacial score (nSPS) is 19.7. The molecule has 0 aromatic carbocycles.